The van der Waals surface area contributed by atoms with Gasteiger partial charge in [0, 0.05) is 18.5 Å². The van der Waals surface area contributed by atoms with Crippen LogP contribution in [-0.2, 0) is 21.3 Å². The Labute approximate surface area is 158 Å². The molecule has 27 heavy (non-hydrogen) atoms. The van der Waals surface area contributed by atoms with Crippen molar-refractivity contribution in [2.75, 3.05) is 38.3 Å². The minimum absolute atomic E-state index is 0.0717. The number of rotatable bonds is 7. The number of hydrogen-bond acceptors (Lipinski definition) is 8. The van der Waals surface area contributed by atoms with Crippen LogP contribution in [0.15, 0.2) is 35.7 Å². The van der Waals surface area contributed by atoms with E-state index in [1.165, 1.54) is 13.2 Å². The van der Waals surface area contributed by atoms with Gasteiger partial charge in [0.25, 0.3) is 0 Å². The molecule has 0 spiro atoms. The summed E-state index contributed by atoms with van der Waals surface area (Å²) < 4.78 is 37.3. The lowest BCUT2D eigenvalue weighted by Crippen LogP contribution is -2.37. The van der Waals surface area contributed by atoms with Crippen LogP contribution in [0.5, 0.6) is 6.01 Å². The third-order valence-electron chi connectivity index (χ3n) is 3.80. The average Bonchev–Trinajstić information content (AvgIpc) is 2.72. The molecule has 1 fully saturated rings. The predicted octanol–water partition coefficient (Wildman–Crippen LogP) is 0.807. The van der Waals surface area contributed by atoms with Crippen molar-refractivity contribution < 1.29 is 17.9 Å². The summed E-state index contributed by atoms with van der Waals surface area (Å²) in [5.74, 6) is 0.721. The molecule has 1 aromatic carbocycles. The first-order valence-electron chi connectivity index (χ1n) is 8.40. The van der Waals surface area contributed by atoms with Gasteiger partial charge in [-0.3, -0.25) is 0 Å². The standard InChI is InChI=1S/C17H21N5O4S/c1-25-17-20-15(19-16(21-17)22-8-10-26-11-9-22)13-18-27(23,24)12-7-14-5-3-2-4-6-14/h2-7,12,18H,8-11,13H2,1H3/b12-7+. The molecule has 0 saturated carbocycles. The summed E-state index contributed by atoms with van der Waals surface area (Å²) >= 11 is 0. The maximum atomic E-state index is 12.2. The molecule has 2 heterocycles. The van der Waals surface area contributed by atoms with Crippen LogP contribution in [0, 0.1) is 0 Å². The lowest BCUT2D eigenvalue weighted by atomic mass is 10.2. The second-order valence-electron chi connectivity index (χ2n) is 5.72. The van der Waals surface area contributed by atoms with Gasteiger partial charge in [0.1, 0.15) is 0 Å². The zero-order valence-corrected chi connectivity index (χ0v) is 15.7. The van der Waals surface area contributed by atoms with E-state index in [2.05, 4.69) is 19.7 Å². The van der Waals surface area contributed by atoms with Crippen LogP contribution in [-0.4, -0.2) is 56.8 Å². The Hall–Kier alpha value is -2.56. The molecule has 3 rings (SSSR count). The van der Waals surface area contributed by atoms with Crippen molar-refractivity contribution in [2.45, 2.75) is 6.54 Å². The first-order chi connectivity index (χ1) is 13.1. The molecule has 1 aromatic heterocycles. The van der Waals surface area contributed by atoms with E-state index in [1.54, 1.807) is 0 Å². The number of benzene rings is 1. The summed E-state index contributed by atoms with van der Waals surface area (Å²) in [6.07, 6.45) is 1.52. The van der Waals surface area contributed by atoms with E-state index in [4.69, 9.17) is 9.47 Å². The molecule has 0 atom stereocenters. The number of morpholine rings is 1. The van der Waals surface area contributed by atoms with Crippen molar-refractivity contribution in [3.8, 4) is 6.01 Å². The smallest absolute Gasteiger partial charge is 0.321 e. The third kappa shape index (κ3) is 5.71. The molecule has 1 saturated heterocycles. The summed E-state index contributed by atoms with van der Waals surface area (Å²) in [5, 5.41) is 1.11. The fourth-order valence-electron chi connectivity index (χ4n) is 2.41. The number of nitrogens with zero attached hydrogens (tertiary/aromatic N) is 4. The number of hydrogen-bond donors (Lipinski definition) is 1. The van der Waals surface area contributed by atoms with Gasteiger partial charge in [-0.2, -0.15) is 15.0 Å². The van der Waals surface area contributed by atoms with Crippen LogP contribution in [0.4, 0.5) is 5.95 Å². The number of anilines is 1. The zero-order chi connectivity index (χ0) is 19.1. The van der Waals surface area contributed by atoms with Crippen molar-refractivity contribution in [3.05, 3.63) is 47.1 Å². The van der Waals surface area contributed by atoms with Crippen molar-refractivity contribution in [1.82, 2.24) is 19.7 Å². The number of ether oxygens (including phenoxy) is 2. The molecular formula is C17H21N5O4S. The summed E-state index contributed by atoms with van der Waals surface area (Å²) in [6, 6.07) is 9.31. The highest BCUT2D eigenvalue weighted by Crippen LogP contribution is 2.14. The minimum atomic E-state index is -3.64. The lowest BCUT2D eigenvalue weighted by molar-refractivity contribution is 0.122. The molecule has 2 aromatic rings. The van der Waals surface area contributed by atoms with Crippen LogP contribution in [0.1, 0.15) is 11.4 Å². The third-order valence-corrected chi connectivity index (χ3v) is 4.84. The van der Waals surface area contributed by atoms with E-state index in [9.17, 15) is 8.42 Å². The van der Waals surface area contributed by atoms with E-state index in [0.29, 0.717) is 32.3 Å². The van der Waals surface area contributed by atoms with E-state index in [1.807, 2.05) is 35.2 Å². The second kappa shape index (κ2) is 8.89. The Balaban J connectivity index is 1.70. The minimum Gasteiger partial charge on any atom is -0.467 e. The van der Waals surface area contributed by atoms with E-state index in [0.717, 1.165) is 11.0 Å². The van der Waals surface area contributed by atoms with E-state index in [-0.39, 0.29) is 18.4 Å². The first kappa shape index (κ1) is 19.2. The van der Waals surface area contributed by atoms with Gasteiger partial charge in [-0.15, -0.1) is 0 Å². The molecular weight excluding hydrogens is 370 g/mol. The highest BCUT2D eigenvalue weighted by molar-refractivity contribution is 7.92. The Morgan fingerprint density at radius 1 is 1.19 bits per heavy atom. The quantitative estimate of drug-likeness (QED) is 0.739. The molecule has 9 nitrogen and oxygen atoms in total. The number of nitrogens with one attached hydrogen (secondary N) is 1. The van der Waals surface area contributed by atoms with Crippen LogP contribution in [0.25, 0.3) is 6.08 Å². The fourth-order valence-corrected chi connectivity index (χ4v) is 3.17. The largest absolute Gasteiger partial charge is 0.467 e. The molecule has 0 radical (unpaired) electrons. The molecule has 1 aliphatic rings. The Morgan fingerprint density at radius 3 is 2.63 bits per heavy atom. The fraction of sp³-hybridized carbons (Fsp3) is 0.353. The normalized spacial score (nSPS) is 15.2. The summed E-state index contributed by atoms with van der Waals surface area (Å²) in [6.45, 7) is 2.40. The van der Waals surface area contributed by atoms with Crippen LogP contribution in [0.2, 0.25) is 0 Å². The summed E-state index contributed by atoms with van der Waals surface area (Å²) in [5.41, 5.74) is 0.791. The Morgan fingerprint density at radius 2 is 1.93 bits per heavy atom. The van der Waals surface area contributed by atoms with Gasteiger partial charge >= 0.3 is 6.01 Å². The first-order valence-corrected chi connectivity index (χ1v) is 9.95. The Bertz CT molecular complexity index is 883. The van der Waals surface area contributed by atoms with E-state index >= 15 is 0 Å². The molecule has 0 aliphatic carbocycles. The maximum Gasteiger partial charge on any atom is 0.321 e. The van der Waals surface area contributed by atoms with Crippen molar-refractivity contribution in [2.24, 2.45) is 0 Å². The van der Waals surface area contributed by atoms with Crippen molar-refractivity contribution >= 4 is 22.0 Å². The highest BCUT2D eigenvalue weighted by atomic mass is 32.2. The Kier molecular flexibility index (Phi) is 6.32. The van der Waals surface area contributed by atoms with Gasteiger partial charge in [0.2, 0.25) is 16.0 Å². The van der Waals surface area contributed by atoms with Crippen LogP contribution < -0.4 is 14.4 Å². The van der Waals surface area contributed by atoms with Gasteiger partial charge in [-0.05, 0) is 11.6 Å². The molecule has 0 amide bonds. The summed E-state index contributed by atoms with van der Waals surface area (Å²) in [7, 11) is -2.19. The van der Waals surface area contributed by atoms with Crippen LogP contribution in [0.3, 0.4) is 0 Å². The molecule has 0 unspecified atom stereocenters. The number of methoxy groups -OCH3 is 1. The van der Waals surface area contributed by atoms with Gasteiger partial charge in [-0.25, -0.2) is 13.1 Å². The maximum absolute atomic E-state index is 12.2. The highest BCUT2D eigenvalue weighted by Gasteiger charge is 2.17. The molecule has 10 heteroatoms. The second-order valence-corrected chi connectivity index (χ2v) is 7.37. The SMILES string of the molecule is COc1nc(CNS(=O)(=O)/C=C/c2ccccc2)nc(N2CCOCC2)n1. The van der Waals surface area contributed by atoms with Gasteiger partial charge in [0.05, 0.1) is 26.9 Å². The molecule has 144 valence electrons. The van der Waals surface area contributed by atoms with E-state index < -0.39 is 10.0 Å². The number of sulfonamides is 1. The lowest BCUT2D eigenvalue weighted by Gasteiger charge is -2.26. The zero-order valence-electron chi connectivity index (χ0n) is 14.9. The van der Waals surface area contributed by atoms with Gasteiger partial charge < -0.3 is 14.4 Å². The van der Waals surface area contributed by atoms with Crippen LogP contribution >= 0.6 is 0 Å². The van der Waals surface area contributed by atoms with Crippen molar-refractivity contribution in [3.63, 3.8) is 0 Å². The molecule has 1 N–H and O–H groups in total. The average molecular weight is 391 g/mol. The van der Waals surface area contributed by atoms with Gasteiger partial charge in [0.15, 0.2) is 5.82 Å². The van der Waals surface area contributed by atoms with Crippen molar-refractivity contribution in [1.29, 1.82) is 0 Å². The molecule has 1 aliphatic heterocycles. The van der Waals surface area contributed by atoms with Gasteiger partial charge in [-0.1, -0.05) is 30.3 Å². The summed E-state index contributed by atoms with van der Waals surface area (Å²) in [4.78, 5) is 14.6. The predicted molar refractivity (Wildman–Crippen MR) is 101 cm³/mol. The topological polar surface area (TPSA) is 107 Å². The number of aromatic nitrogens is 3. The molecule has 0 bridgehead atoms. The monoisotopic (exact) mass is 391 g/mol.